The van der Waals surface area contributed by atoms with E-state index in [4.69, 9.17) is 0 Å². The first kappa shape index (κ1) is 25.5. The molecular formula is C26H36N4O4+2. The molecule has 8 nitrogen and oxygen atoms in total. The second-order valence-electron chi connectivity index (χ2n) is 11.1. The Morgan fingerprint density at radius 2 is 1.00 bits per heavy atom. The summed E-state index contributed by atoms with van der Waals surface area (Å²) in [7, 11) is 12.4. The summed E-state index contributed by atoms with van der Waals surface area (Å²) < 4.78 is 1.51. The van der Waals surface area contributed by atoms with Crippen molar-refractivity contribution in [3.8, 4) is 0 Å². The van der Waals surface area contributed by atoms with Crippen LogP contribution in [-0.4, -0.2) is 77.4 Å². The first-order valence-corrected chi connectivity index (χ1v) is 11.6. The molecule has 0 bridgehead atoms. The molecule has 0 spiro atoms. The van der Waals surface area contributed by atoms with Gasteiger partial charge in [0.25, 0.3) is 0 Å². The van der Waals surface area contributed by atoms with E-state index in [-0.39, 0.29) is 0 Å². The fraction of sp³-hybridized carbons (Fsp3) is 0.462. The lowest BCUT2D eigenvalue weighted by atomic mass is 9.94. The van der Waals surface area contributed by atoms with Gasteiger partial charge in [0.2, 0.25) is 21.7 Å². The van der Waals surface area contributed by atoms with Crippen LogP contribution in [0.1, 0.15) is 22.3 Å². The standard InChI is InChI=1S/C26H34N4O4/c1-29(2,3)12-10-27-21-19(23(31)25(21)33)15-17-8-7-9-18(14-17)16-20-22(26(34)24(20)32)28-11-13-30(4,5)6/h7-9,14H,10-13,15-16H2,1-6H3/p+2. The van der Waals surface area contributed by atoms with Gasteiger partial charge in [0.15, 0.2) is 0 Å². The highest BCUT2D eigenvalue weighted by Crippen LogP contribution is 2.19. The van der Waals surface area contributed by atoms with Crippen molar-refractivity contribution in [1.29, 1.82) is 0 Å². The smallest absolute Gasteiger partial charge is 0.249 e. The molecule has 3 aromatic carbocycles. The normalized spacial score (nSPS) is 12.4. The van der Waals surface area contributed by atoms with Crippen molar-refractivity contribution in [3.63, 3.8) is 0 Å². The molecule has 0 aromatic heterocycles. The number of rotatable bonds is 12. The average molecular weight is 469 g/mol. The van der Waals surface area contributed by atoms with Crippen molar-refractivity contribution in [1.82, 2.24) is 0 Å². The summed E-state index contributed by atoms with van der Waals surface area (Å²) >= 11 is 0. The maximum atomic E-state index is 12.2. The van der Waals surface area contributed by atoms with Gasteiger partial charge < -0.3 is 19.6 Å². The van der Waals surface area contributed by atoms with E-state index in [0.29, 0.717) is 48.4 Å². The van der Waals surface area contributed by atoms with E-state index in [1.165, 1.54) is 0 Å². The number of benzene rings is 1. The van der Waals surface area contributed by atoms with Gasteiger partial charge in [-0.05, 0) is 11.1 Å². The van der Waals surface area contributed by atoms with Crippen LogP contribution in [0.4, 0.5) is 11.4 Å². The Balaban J connectivity index is 1.70. The molecule has 3 rings (SSSR count). The number of nitrogens with zero attached hydrogens (tertiary/aromatic N) is 2. The van der Waals surface area contributed by atoms with Crippen molar-refractivity contribution >= 4 is 11.4 Å². The highest BCUT2D eigenvalue weighted by molar-refractivity contribution is 5.59. The summed E-state index contributed by atoms with van der Waals surface area (Å²) in [5, 5.41) is 6.26. The Labute approximate surface area is 200 Å². The van der Waals surface area contributed by atoms with E-state index in [2.05, 4.69) is 52.9 Å². The predicted octanol–water partition coefficient (Wildman–Crippen LogP) is 0.296. The molecule has 0 fully saturated rings. The maximum Gasteiger partial charge on any atom is 0.249 e. The Morgan fingerprint density at radius 1 is 0.618 bits per heavy atom. The minimum Gasteiger partial charge on any atom is -0.376 e. The topological polar surface area (TPSA) is 92.3 Å². The van der Waals surface area contributed by atoms with Crippen LogP contribution >= 0.6 is 0 Å². The van der Waals surface area contributed by atoms with E-state index in [1.807, 2.05) is 24.3 Å². The van der Waals surface area contributed by atoms with Crippen molar-refractivity contribution in [3.05, 3.63) is 87.4 Å². The van der Waals surface area contributed by atoms with Crippen LogP contribution in [0.5, 0.6) is 0 Å². The van der Waals surface area contributed by atoms with Crippen LogP contribution in [0.25, 0.3) is 0 Å². The van der Waals surface area contributed by atoms with Gasteiger partial charge in [-0.15, -0.1) is 0 Å². The molecule has 0 aliphatic heterocycles. The van der Waals surface area contributed by atoms with E-state index >= 15 is 0 Å². The monoisotopic (exact) mass is 468 g/mol. The van der Waals surface area contributed by atoms with Gasteiger partial charge in [-0.2, -0.15) is 0 Å². The van der Waals surface area contributed by atoms with Crippen LogP contribution in [0.2, 0.25) is 0 Å². The second kappa shape index (κ2) is 9.64. The first-order chi connectivity index (χ1) is 15.8. The van der Waals surface area contributed by atoms with Crippen molar-refractivity contribution in [2.45, 2.75) is 12.8 Å². The third kappa shape index (κ3) is 6.07. The number of anilines is 2. The molecule has 3 aromatic rings. The van der Waals surface area contributed by atoms with Gasteiger partial charge in [-0.1, -0.05) is 24.3 Å². The van der Waals surface area contributed by atoms with E-state index < -0.39 is 21.7 Å². The highest BCUT2D eigenvalue weighted by atomic mass is 16.2. The summed E-state index contributed by atoms with van der Waals surface area (Å²) in [5.41, 5.74) is 1.80. The zero-order valence-corrected chi connectivity index (χ0v) is 21.1. The lowest BCUT2D eigenvalue weighted by Crippen LogP contribution is -2.42. The molecule has 0 aliphatic rings. The van der Waals surface area contributed by atoms with Gasteiger partial charge in [-0.25, -0.2) is 0 Å². The van der Waals surface area contributed by atoms with Gasteiger partial charge >= 0.3 is 0 Å². The number of nitrogens with one attached hydrogen (secondary N) is 2. The molecule has 182 valence electrons. The minimum absolute atomic E-state index is 0.353. The second-order valence-corrected chi connectivity index (χ2v) is 11.1. The fourth-order valence-electron chi connectivity index (χ4n) is 3.88. The van der Waals surface area contributed by atoms with E-state index in [9.17, 15) is 19.2 Å². The molecule has 0 amide bonds. The molecule has 0 saturated heterocycles. The molecule has 0 saturated carbocycles. The van der Waals surface area contributed by atoms with Gasteiger partial charge in [0, 0.05) is 24.0 Å². The van der Waals surface area contributed by atoms with Gasteiger partial charge in [0.1, 0.15) is 0 Å². The third-order valence-electron chi connectivity index (χ3n) is 5.94. The lowest BCUT2D eigenvalue weighted by molar-refractivity contribution is -0.868. The summed E-state index contributed by atoms with van der Waals surface area (Å²) in [5.74, 6) is 0. The number of hydrogen-bond donors (Lipinski definition) is 2. The van der Waals surface area contributed by atoms with Crippen LogP contribution in [-0.2, 0) is 12.8 Å². The third-order valence-corrected chi connectivity index (χ3v) is 5.94. The average Bonchev–Trinajstić information content (AvgIpc) is 2.75. The summed E-state index contributed by atoms with van der Waals surface area (Å²) in [6.07, 6.45) is 0.706. The molecule has 0 radical (unpaired) electrons. The van der Waals surface area contributed by atoms with Crippen molar-refractivity contribution in [2.24, 2.45) is 0 Å². The number of likely N-dealkylation sites (N-methyl/N-ethyl adjacent to an activating group) is 2. The Hall–Kier alpha value is -3.10. The zero-order valence-electron chi connectivity index (χ0n) is 21.1. The molecule has 34 heavy (non-hydrogen) atoms. The van der Waals surface area contributed by atoms with Crippen LogP contribution in [0, 0.1) is 0 Å². The fourth-order valence-corrected chi connectivity index (χ4v) is 3.88. The van der Waals surface area contributed by atoms with E-state index in [0.717, 1.165) is 33.2 Å². The Bertz CT molecular complexity index is 1210. The lowest BCUT2D eigenvalue weighted by Gasteiger charge is -2.24. The number of hydrogen-bond acceptors (Lipinski definition) is 6. The molecule has 0 atom stereocenters. The minimum atomic E-state index is -0.458. The van der Waals surface area contributed by atoms with Crippen LogP contribution < -0.4 is 32.3 Å². The maximum absolute atomic E-state index is 12.2. The quantitative estimate of drug-likeness (QED) is 0.293. The zero-order chi connectivity index (χ0) is 25.3. The largest absolute Gasteiger partial charge is 0.376 e. The molecule has 0 heterocycles. The van der Waals surface area contributed by atoms with Crippen molar-refractivity contribution in [2.75, 3.05) is 79.1 Å². The number of quaternary nitrogens is 2. The summed E-state index contributed by atoms with van der Waals surface area (Å²) in [4.78, 5) is 48.5. The van der Waals surface area contributed by atoms with Gasteiger partial charge in [0.05, 0.1) is 79.8 Å². The summed E-state index contributed by atoms with van der Waals surface area (Å²) in [6.45, 7) is 2.85. The Morgan fingerprint density at radius 3 is 1.35 bits per heavy atom. The van der Waals surface area contributed by atoms with Crippen LogP contribution in [0.3, 0.4) is 0 Å². The summed E-state index contributed by atoms with van der Waals surface area (Å²) in [6, 6.07) is 7.60. The SMILES string of the molecule is C[N+](C)(C)CCNc1c(Cc2cccc(Cc3c(NCC[N+](C)(C)C)c(=O)c3=O)c2)c(=O)c1=O. The predicted molar refractivity (Wildman–Crippen MR) is 138 cm³/mol. The Kier molecular flexibility index (Phi) is 7.24. The molecule has 2 N–H and O–H groups in total. The molecule has 8 heteroatoms. The van der Waals surface area contributed by atoms with Crippen molar-refractivity contribution < 1.29 is 8.97 Å². The highest BCUT2D eigenvalue weighted by Gasteiger charge is 2.23. The first-order valence-electron chi connectivity index (χ1n) is 11.6. The van der Waals surface area contributed by atoms with E-state index in [1.54, 1.807) is 0 Å². The molecule has 0 unspecified atom stereocenters. The molecule has 0 aliphatic carbocycles. The van der Waals surface area contributed by atoms with Gasteiger partial charge in [-0.3, -0.25) is 19.2 Å². The van der Waals surface area contributed by atoms with Crippen LogP contribution in [0.15, 0.2) is 43.4 Å². The molecular weight excluding hydrogens is 432 g/mol.